The van der Waals surface area contributed by atoms with Gasteiger partial charge < -0.3 is 93.4 Å². The maximum atomic E-state index is 12.2. The van der Waals surface area contributed by atoms with E-state index in [2.05, 4.69) is 22.9 Å². The molecule has 0 radical (unpaired) electrons. The Morgan fingerprint density at radius 3 is 1.36 bits per heavy atom. The number of carbonyl (C=O) groups is 2. The van der Waals surface area contributed by atoms with Crippen LogP contribution in [0.1, 0.15) is 117 Å². The number of ether oxygens (including phenoxy) is 5. The van der Waals surface area contributed by atoms with E-state index < -0.39 is 77.1 Å². The molecular formula is C43H84N2O22P3S2+. The van der Waals surface area contributed by atoms with E-state index in [4.69, 9.17) is 73.2 Å². The first kappa shape index (κ1) is 70.9. The van der Waals surface area contributed by atoms with Crippen LogP contribution >= 0.6 is 34.8 Å². The van der Waals surface area contributed by atoms with Gasteiger partial charge in [0.1, 0.15) is 49.3 Å². The molecule has 0 fully saturated rings. The van der Waals surface area contributed by atoms with Crippen molar-refractivity contribution in [3.63, 3.8) is 0 Å². The van der Waals surface area contributed by atoms with Gasteiger partial charge >= 0.3 is 15.0 Å². The first-order valence-corrected chi connectivity index (χ1v) is 30.2. The maximum absolute atomic E-state index is 12.2. The number of thiol groups is 1. The molecule has 0 rings (SSSR count). The van der Waals surface area contributed by atoms with Gasteiger partial charge in [-0.1, -0.05) is 63.6 Å². The molecule has 2 amide bonds. The lowest BCUT2D eigenvalue weighted by Crippen LogP contribution is -2.41. The Hall–Kier alpha value is -1.13. The first-order valence-electron chi connectivity index (χ1n) is 24.1. The van der Waals surface area contributed by atoms with Crippen LogP contribution in [0.5, 0.6) is 0 Å². The molecule has 0 heterocycles. The molecular weight excluding hydrogens is 1050 g/mol. The van der Waals surface area contributed by atoms with E-state index >= 15 is 0 Å². The minimum absolute atomic E-state index is 0.0634. The van der Waals surface area contributed by atoms with Crippen LogP contribution in [0.3, 0.4) is 0 Å². The Kier molecular flexibility index (Phi) is 45.3. The van der Waals surface area contributed by atoms with Gasteiger partial charge in [0, 0.05) is 38.2 Å². The fourth-order valence-corrected chi connectivity index (χ4v) is 8.51. The SMILES string of the molecule is CC(=O)N/C(=C(\O)CO)[C@@H](O)OCCCCCCO[P+](=O)OCCCOCC(CO)(COCCCCCCCCOP(O)S)COCCCOP(O)(=S)OCCCCCCO[C@H](O)/C(NC(C)=O)=C(\O)CO. The smallest absolute Gasteiger partial charge is 0.508 e. The van der Waals surface area contributed by atoms with Crippen LogP contribution in [0.4, 0.5) is 0 Å². The van der Waals surface area contributed by atoms with Crippen LogP contribution < -0.4 is 10.6 Å². The highest BCUT2D eigenvalue weighted by atomic mass is 32.7. The Balaban J connectivity index is 4.65. The average molecular weight is 1140 g/mol. The molecule has 0 saturated carbocycles. The number of hydrogen-bond donors (Lipinski definition) is 12. The fourth-order valence-electron chi connectivity index (χ4n) is 6.10. The number of hydrogen-bond acceptors (Lipinski definition) is 23. The average Bonchev–Trinajstić information content (AvgIpc) is 3.34. The molecule has 6 atom stereocenters. The molecule has 0 spiro atoms. The molecule has 0 aromatic rings. The minimum Gasteiger partial charge on any atom is -0.508 e. The summed E-state index contributed by atoms with van der Waals surface area (Å²) in [5.41, 5.74) is -1.54. The number of amides is 2. The second-order valence-electron chi connectivity index (χ2n) is 16.4. The van der Waals surface area contributed by atoms with Crippen molar-refractivity contribution in [1.29, 1.82) is 0 Å². The van der Waals surface area contributed by atoms with Gasteiger partial charge in [-0.25, -0.2) is 0 Å². The minimum atomic E-state index is -3.51. The van der Waals surface area contributed by atoms with E-state index in [1.807, 2.05) is 0 Å². The van der Waals surface area contributed by atoms with Crippen LogP contribution in [0, 0.1) is 5.41 Å². The van der Waals surface area contributed by atoms with Gasteiger partial charge in [-0.2, -0.15) is 0 Å². The normalized spacial score (nSPS) is 15.7. The predicted molar refractivity (Wildman–Crippen MR) is 273 cm³/mol. The van der Waals surface area contributed by atoms with Crippen molar-refractivity contribution >= 4 is 58.4 Å². The summed E-state index contributed by atoms with van der Waals surface area (Å²) in [6.45, 7) is -0.497. The Bertz CT molecular complexity index is 1540. The second-order valence-corrected chi connectivity index (χ2v) is 22.0. The molecule has 72 heavy (non-hydrogen) atoms. The largest absolute Gasteiger partial charge is 0.697 e. The molecule has 0 aliphatic heterocycles. The number of carbonyl (C=O) groups excluding carboxylic acids is 2. The topological polar surface area (TPSA) is 350 Å². The lowest BCUT2D eigenvalue weighted by molar-refractivity contribution is -0.122. The molecule has 29 heteroatoms. The van der Waals surface area contributed by atoms with Gasteiger partial charge in [0.15, 0.2) is 12.6 Å². The van der Waals surface area contributed by atoms with Gasteiger partial charge in [0.05, 0.1) is 64.9 Å². The predicted octanol–water partition coefficient (Wildman–Crippen LogP) is 4.83. The summed E-state index contributed by atoms with van der Waals surface area (Å²) in [5.74, 6) is -2.31. The molecule has 0 aromatic heterocycles. The van der Waals surface area contributed by atoms with Gasteiger partial charge in [-0.05, 0) is 63.2 Å². The quantitative estimate of drug-likeness (QED) is 0.0128. The summed E-state index contributed by atoms with van der Waals surface area (Å²) in [4.78, 5) is 42.2. The molecule has 0 bridgehead atoms. The van der Waals surface area contributed by atoms with E-state index in [0.29, 0.717) is 77.4 Å². The van der Waals surface area contributed by atoms with Crippen molar-refractivity contribution in [2.24, 2.45) is 5.41 Å². The molecule has 0 aliphatic carbocycles. The number of aliphatic hydroxyl groups excluding tert-OH is 7. The third-order valence-electron chi connectivity index (χ3n) is 9.88. The van der Waals surface area contributed by atoms with Crippen molar-refractivity contribution in [2.75, 3.05) is 106 Å². The van der Waals surface area contributed by atoms with Gasteiger partial charge in [0.25, 0.3) is 0 Å². The van der Waals surface area contributed by atoms with Crippen LogP contribution in [0.25, 0.3) is 0 Å². The van der Waals surface area contributed by atoms with E-state index in [-0.39, 0.29) is 90.7 Å². The number of nitrogens with one attached hydrogen (secondary N) is 2. The molecule has 11 N–H and O–H groups in total. The monoisotopic (exact) mass is 1140 g/mol. The zero-order chi connectivity index (χ0) is 53.9. The highest BCUT2D eigenvalue weighted by molar-refractivity contribution is 8.41. The van der Waals surface area contributed by atoms with E-state index in [1.54, 1.807) is 0 Å². The third-order valence-corrected chi connectivity index (χ3v) is 13.1. The van der Waals surface area contributed by atoms with Gasteiger partial charge in [-0.3, -0.25) is 9.59 Å². The second kappa shape index (κ2) is 46.0. The molecule has 424 valence electrons. The van der Waals surface area contributed by atoms with E-state index in [0.717, 1.165) is 38.5 Å². The molecule has 0 aliphatic rings. The van der Waals surface area contributed by atoms with Crippen molar-refractivity contribution in [2.45, 2.75) is 129 Å². The van der Waals surface area contributed by atoms with Crippen molar-refractivity contribution in [3.8, 4) is 0 Å². The standard InChI is InChI=1S/C43H83N2O22P3S2/c1-35(49)44-39(37(51)29-46)41(53)61-22-12-7-9-14-24-63-68(55)64-26-17-20-59-33-43(31-48,32-58-19-11-5-3-4-6-15-25-65-69(56)71)34-60-21-18-28-67-70(57,72)66-27-16-10-8-13-23-62-42(54)40(38(52)30-47)45-36(2)50/h41-42,46-48,53-54,56,71H,3-34H2,1-2H3,(H4-,44,45,49,50,51,52,57,72)/p+1/b39-37-,40-38+/t41-,42-,43?,69?,70?/m0/s1. The van der Waals surface area contributed by atoms with Crippen LogP contribution in [0.15, 0.2) is 22.9 Å². The van der Waals surface area contributed by atoms with Crippen LogP contribution in [-0.4, -0.2) is 176 Å². The van der Waals surface area contributed by atoms with Crippen molar-refractivity contribution in [3.05, 3.63) is 22.9 Å². The number of rotatable bonds is 51. The number of aliphatic hydroxyl groups is 7. The molecule has 0 aromatic carbocycles. The first-order chi connectivity index (χ1) is 34.4. The summed E-state index contributed by atoms with van der Waals surface area (Å²) < 4.78 is 67.0. The summed E-state index contributed by atoms with van der Waals surface area (Å²) in [7, 11) is -3.99. The summed E-state index contributed by atoms with van der Waals surface area (Å²) >= 11 is 8.97. The summed E-state index contributed by atoms with van der Waals surface area (Å²) in [5, 5.41) is 72.7. The zero-order valence-corrected chi connectivity index (χ0v) is 46.2. The lowest BCUT2D eigenvalue weighted by atomic mass is 9.92. The van der Waals surface area contributed by atoms with Gasteiger partial charge in [-0.15, -0.1) is 9.05 Å². The highest BCUT2D eigenvalue weighted by Crippen LogP contribution is 2.44. The van der Waals surface area contributed by atoms with Crippen LogP contribution in [-0.2, 0) is 72.3 Å². The van der Waals surface area contributed by atoms with E-state index in [9.17, 15) is 44.6 Å². The summed E-state index contributed by atoms with van der Waals surface area (Å²) in [6.07, 6.45) is 8.18. The Morgan fingerprint density at radius 2 is 0.944 bits per heavy atom. The number of unbranched alkanes of at least 4 members (excludes halogenated alkanes) is 11. The van der Waals surface area contributed by atoms with Crippen LogP contribution in [0.2, 0.25) is 0 Å². The Morgan fingerprint density at radius 1 is 0.597 bits per heavy atom. The maximum Gasteiger partial charge on any atom is 0.697 e. The van der Waals surface area contributed by atoms with Crippen molar-refractivity contribution in [1.82, 2.24) is 10.6 Å². The van der Waals surface area contributed by atoms with Crippen molar-refractivity contribution < 1.29 is 106 Å². The fraction of sp³-hybridized carbons (Fsp3) is 0.860. The lowest BCUT2D eigenvalue weighted by Gasteiger charge is -2.31. The highest BCUT2D eigenvalue weighted by Gasteiger charge is 2.31. The summed E-state index contributed by atoms with van der Waals surface area (Å²) in [6, 6.07) is 0. The third kappa shape index (κ3) is 40.2. The molecule has 0 saturated heterocycles. The Labute approximate surface area is 436 Å². The van der Waals surface area contributed by atoms with Gasteiger partial charge in [0.2, 0.25) is 19.4 Å². The zero-order valence-electron chi connectivity index (χ0n) is 41.8. The molecule has 24 nitrogen and oxygen atoms in total. The van der Waals surface area contributed by atoms with E-state index in [1.165, 1.54) is 13.8 Å². The molecule has 4 unspecified atom stereocenters.